The summed E-state index contributed by atoms with van der Waals surface area (Å²) >= 11 is 5.79. The smallest absolute Gasteiger partial charge is 0.153 e. The Kier molecular flexibility index (Phi) is 5.57. The lowest BCUT2D eigenvalue weighted by Gasteiger charge is -2.09. The van der Waals surface area contributed by atoms with Crippen LogP contribution in [0.4, 0.5) is 8.78 Å². The van der Waals surface area contributed by atoms with Gasteiger partial charge in [-0.2, -0.15) is 0 Å². The van der Waals surface area contributed by atoms with Crippen LogP contribution in [0.15, 0.2) is 12.1 Å². The lowest BCUT2D eigenvalue weighted by molar-refractivity contribution is 0.507. The van der Waals surface area contributed by atoms with E-state index in [1.165, 1.54) is 6.07 Å². The predicted octanol–water partition coefficient (Wildman–Crippen LogP) is 4.92. The Morgan fingerprint density at radius 1 is 1.24 bits per heavy atom. The summed E-state index contributed by atoms with van der Waals surface area (Å²) in [7, 11) is 0. The molecule has 0 fully saturated rings. The molecule has 5 heteroatoms. The van der Waals surface area contributed by atoms with E-state index in [0.29, 0.717) is 23.7 Å². The van der Waals surface area contributed by atoms with E-state index in [1.54, 1.807) is 0 Å². The van der Waals surface area contributed by atoms with Crippen molar-refractivity contribution in [2.75, 3.05) is 5.88 Å². The zero-order valence-corrected chi connectivity index (χ0v) is 13.3. The molecule has 1 aromatic heterocycles. The number of hydrogen-bond donors (Lipinski definition) is 0. The lowest BCUT2D eigenvalue weighted by atomic mass is 10.1. The van der Waals surface area contributed by atoms with E-state index in [2.05, 4.69) is 18.8 Å². The average molecular weight is 315 g/mol. The molecule has 2 rings (SSSR count). The van der Waals surface area contributed by atoms with Crippen LogP contribution in [0, 0.1) is 17.6 Å². The lowest BCUT2D eigenvalue weighted by Crippen LogP contribution is -2.05. The number of unbranched alkanes of at least 4 members (excludes halogenated alkanes) is 1. The molecule has 1 heterocycles. The first kappa shape index (κ1) is 16.2. The van der Waals surface area contributed by atoms with Crippen LogP contribution in [0.3, 0.4) is 0 Å². The third-order valence-electron chi connectivity index (χ3n) is 3.58. The highest BCUT2D eigenvalue weighted by molar-refractivity contribution is 6.17. The van der Waals surface area contributed by atoms with Crippen LogP contribution in [-0.4, -0.2) is 15.4 Å². The molecule has 21 heavy (non-hydrogen) atoms. The maximum atomic E-state index is 13.8. The molecule has 0 radical (unpaired) electrons. The van der Waals surface area contributed by atoms with Crippen molar-refractivity contribution >= 4 is 22.6 Å². The fourth-order valence-corrected chi connectivity index (χ4v) is 2.71. The highest BCUT2D eigenvalue weighted by atomic mass is 35.5. The normalized spacial score (nSPS) is 11.7. The number of benzene rings is 1. The van der Waals surface area contributed by atoms with E-state index in [1.807, 2.05) is 4.57 Å². The SMILES string of the molecule is CC(C)CCCCn1c(CCCl)nc2c(F)cc(F)cc21. The Morgan fingerprint density at radius 2 is 2.00 bits per heavy atom. The number of aryl methyl sites for hydroxylation is 2. The first-order valence-corrected chi connectivity index (χ1v) is 7.96. The van der Waals surface area contributed by atoms with Gasteiger partial charge >= 0.3 is 0 Å². The molecular weight excluding hydrogens is 294 g/mol. The minimum Gasteiger partial charge on any atom is -0.328 e. The second-order valence-electron chi connectivity index (χ2n) is 5.76. The molecule has 0 saturated heterocycles. The summed E-state index contributed by atoms with van der Waals surface area (Å²) in [5, 5.41) is 0. The molecule has 0 spiro atoms. The minimum absolute atomic E-state index is 0.236. The Hall–Kier alpha value is -1.16. The molecule has 0 unspecified atom stereocenters. The molecule has 2 nitrogen and oxygen atoms in total. The summed E-state index contributed by atoms with van der Waals surface area (Å²) in [6.45, 7) is 5.10. The first-order valence-electron chi connectivity index (χ1n) is 7.43. The number of hydrogen-bond acceptors (Lipinski definition) is 1. The van der Waals surface area contributed by atoms with Crippen LogP contribution in [-0.2, 0) is 13.0 Å². The van der Waals surface area contributed by atoms with E-state index < -0.39 is 11.6 Å². The van der Waals surface area contributed by atoms with E-state index in [9.17, 15) is 8.78 Å². The van der Waals surface area contributed by atoms with Crippen molar-refractivity contribution in [2.24, 2.45) is 5.92 Å². The highest BCUT2D eigenvalue weighted by Crippen LogP contribution is 2.22. The maximum absolute atomic E-state index is 13.8. The van der Waals surface area contributed by atoms with E-state index >= 15 is 0 Å². The van der Waals surface area contributed by atoms with Crippen LogP contribution in [0.5, 0.6) is 0 Å². The fourth-order valence-electron chi connectivity index (χ4n) is 2.54. The van der Waals surface area contributed by atoms with Crippen LogP contribution in [0.25, 0.3) is 11.0 Å². The zero-order chi connectivity index (χ0) is 15.4. The quantitative estimate of drug-likeness (QED) is 0.524. The Morgan fingerprint density at radius 3 is 2.67 bits per heavy atom. The molecule has 2 aromatic rings. The minimum atomic E-state index is -0.609. The number of imidazole rings is 1. The number of halogens is 3. The van der Waals surface area contributed by atoms with Gasteiger partial charge in [-0.3, -0.25) is 0 Å². The van der Waals surface area contributed by atoms with Crippen molar-refractivity contribution in [1.29, 1.82) is 0 Å². The second-order valence-corrected chi connectivity index (χ2v) is 6.14. The summed E-state index contributed by atoms with van der Waals surface area (Å²) in [6, 6.07) is 2.23. The molecular formula is C16H21ClF2N2. The topological polar surface area (TPSA) is 17.8 Å². The molecule has 0 aliphatic heterocycles. The average Bonchev–Trinajstić information content (AvgIpc) is 2.73. The summed E-state index contributed by atoms with van der Waals surface area (Å²) in [4.78, 5) is 4.29. The van der Waals surface area contributed by atoms with Gasteiger partial charge in [0, 0.05) is 24.9 Å². The monoisotopic (exact) mass is 314 g/mol. The van der Waals surface area contributed by atoms with Gasteiger partial charge in [0.15, 0.2) is 5.82 Å². The summed E-state index contributed by atoms with van der Waals surface area (Å²) in [5.41, 5.74) is 0.762. The van der Waals surface area contributed by atoms with Crippen molar-refractivity contribution in [1.82, 2.24) is 9.55 Å². The Balaban J connectivity index is 2.27. The maximum Gasteiger partial charge on any atom is 0.153 e. The van der Waals surface area contributed by atoms with Gasteiger partial charge in [0.1, 0.15) is 17.2 Å². The molecule has 0 saturated carbocycles. The summed E-state index contributed by atoms with van der Waals surface area (Å²) < 4.78 is 29.2. The van der Waals surface area contributed by atoms with Gasteiger partial charge in [-0.1, -0.05) is 26.7 Å². The van der Waals surface area contributed by atoms with Gasteiger partial charge in [0.2, 0.25) is 0 Å². The van der Waals surface area contributed by atoms with Gasteiger partial charge < -0.3 is 4.57 Å². The molecule has 0 bridgehead atoms. The highest BCUT2D eigenvalue weighted by Gasteiger charge is 2.15. The third-order valence-corrected chi connectivity index (χ3v) is 3.77. The summed E-state index contributed by atoms with van der Waals surface area (Å²) in [5.74, 6) is 0.637. The number of nitrogens with zero attached hydrogens (tertiary/aromatic N) is 2. The van der Waals surface area contributed by atoms with Gasteiger partial charge in [-0.15, -0.1) is 11.6 Å². The zero-order valence-electron chi connectivity index (χ0n) is 12.5. The number of rotatable bonds is 7. The van der Waals surface area contributed by atoms with Crippen molar-refractivity contribution in [3.63, 3.8) is 0 Å². The third kappa shape index (κ3) is 3.94. The van der Waals surface area contributed by atoms with Gasteiger partial charge in [0.25, 0.3) is 0 Å². The molecule has 116 valence electrons. The molecule has 0 amide bonds. The predicted molar refractivity (Wildman–Crippen MR) is 82.8 cm³/mol. The van der Waals surface area contributed by atoms with Crippen LogP contribution < -0.4 is 0 Å². The molecule has 0 aliphatic carbocycles. The molecule has 1 aromatic carbocycles. The van der Waals surface area contributed by atoms with Crippen molar-refractivity contribution in [3.05, 3.63) is 29.6 Å². The molecule has 0 N–H and O–H groups in total. The van der Waals surface area contributed by atoms with E-state index in [-0.39, 0.29) is 5.52 Å². The largest absolute Gasteiger partial charge is 0.328 e. The van der Waals surface area contributed by atoms with Crippen LogP contribution in [0.1, 0.15) is 38.9 Å². The van der Waals surface area contributed by atoms with Crippen LogP contribution in [0.2, 0.25) is 0 Å². The standard InChI is InChI=1S/C16H21ClF2N2/c1-11(2)5-3-4-8-21-14-10-12(18)9-13(19)16(14)20-15(21)6-7-17/h9-11H,3-8H2,1-2H3. The number of aromatic nitrogens is 2. The van der Waals surface area contributed by atoms with Crippen molar-refractivity contribution < 1.29 is 8.78 Å². The fraction of sp³-hybridized carbons (Fsp3) is 0.562. The second kappa shape index (κ2) is 7.21. The first-order chi connectivity index (χ1) is 10.0. The van der Waals surface area contributed by atoms with Crippen molar-refractivity contribution in [3.8, 4) is 0 Å². The number of fused-ring (bicyclic) bond motifs is 1. The summed E-state index contributed by atoms with van der Waals surface area (Å²) in [6.07, 6.45) is 3.77. The van der Waals surface area contributed by atoms with Gasteiger partial charge in [-0.05, 0) is 18.4 Å². The van der Waals surface area contributed by atoms with Crippen molar-refractivity contribution in [2.45, 2.75) is 46.1 Å². The Bertz CT molecular complexity index is 608. The molecule has 0 atom stereocenters. The van der Waals surface area contributed by atoms with E-state index in [0.717, 1.165) is 37.7 Å². The number of alkyl halides is 1. The Labute approximate surface area is 129 Å². The van der Waals surface area contributed by atoms with Crippen LogP contribution >= 0.6 is 11.6 Å². The van der Waals surface area contributed by atoms with E-state index in [4.69, 9.17) is 11.6 Å². The molecule has 0 aliphatic rings. The van der Waals surface area contributed by atoms with Gasteiger partial charge in [-0.25, -0.2) is 13.8 Å². The van der Waals surface area contributed by atoms with Gasteiger partial charge in [0.05, 0.1) is 5.52 Å².